The van der Waals surface area contributed by atoms with Gasteiger partial charge in [-0.2, -0.15) is 4.98 Å². The fourth-order valence-electron chi connectivity index (χ4n) is 3.99. The van der Waals surface area contributed by atoms with Crippen molar-refractivity contribution in [1.82, 2.24) is 14.9 Å². The van der Waals surface area contributed by atoms with Crippen molar-refractivity contribution in [2.45, 2.75) is 20.3 Å². The van der Waals surface area contributed by atoms with E-state index < -0.39 is 10.9 Å². The van der Waals surface area contributed by atoms with Crippen LogP contribution in [0, 0.1) is 16.0 Å². The maximum absolute atomic E-state index is 11.3. The Hall–Kier alpha value is -3.79. The number of carboxylic acid groups (broad SMARTS) is 1. The Morgan fingerprint density at radius 3 is 2.47 bits per heavy atom. The Labute approximate surface area is 197 Å². The number of benzene rings is 2. The van der Waals surface area contributed by atoms with Gasteiger partial charge in [0.15, 0.2) is 0 Å². The quantitative estimate of drug-likeness (QED) is 0.373. The molecule has 2 heterocycles. The monoisotopic (exact) mass is 464 g/mol. The first-order valence-electron chi connectivity index (χ1n) is 11.4. The number of aromatic nitrogens is 2. The highest BCUT2D eigenvalue weighted by Crippen LogP contribution is 2.30. The Bertz CT molecular complexity index is 1190. The first-order chi connectivity index (χ1) is 16.3. The van der Waals surface area contributed by atoms with Crippen LogP contribution < -0.4 is 10.2 Å². The second kappa shape index (κ2) is 10.0. The van der Waals surface area contributed by atoms with Crippen LogP contribution in [0.1, 0.15) is 30.6 Å². The SMILES string of the molecule is CCC(C)CN1CCN(c2nc(Nc3ccc(C(=O)O)cc3)c3cc([N+](=O)[O-])ccc3n2)CC1. The molecule has 34 heavy (non-hydrogen) atoms. The molecule has 3 aromatic rings. The van der Waals surface area contributed by atoms with Gasteiger partial charge in [0, 0.05) is 55.9 Å². The third-order valence-corrected chi connectivity index (χ3v) is 6.19. The van der Waals surface area contributed by atoms with E-state index in [-0.39, 0.29) is 11.3 Å². The van der Waals surface area contributed by atoms with Crippen molar-refractivity contribution in [2.24, 2.45) is 5.92 Å². The standard InChI is InChI=1S/C24H28N6O4/c1-3-16(2)15-28-10-12-29(13-11-28)24-26-21-9-8-19(30(33)34)14-20(21)22(27-24)25-18-6-4-17(5-7-18)23(31)32/h4-9,14,16H,3,10-13,15H2,1-2H3,(H,31,32)(H,25,26,27). The second-order valence-electron chi connectivity index (χ2n) is 8.64. The van der Waals surface area contributed by atoms with Gasteiger partial charge in [-0.05, 0) is 36.2 Å². The van der Waals surface area contributed by atoms with Crippen LogP contribution in [0.4, 0.5) is 23.1 Å². The predicted octanol–water partition coefficient (Wildman–Crippen LogP) is 4.15. The molecule has 1 unspecified atom stereocenters. The number of aromatic carboxylic acids is 1. The molecule has 2 aromatic carbocycles. The van der Waals surface area contributed by atoms with E-state index in [1.165, 1.54) is 24.3 Å². The number of fused-ring (bicyclic) bond motifs is 1. The Morgan fingerprint density at radius 2 is 1.85 bits per heavy atom. The summed E-state index contributed by atoms with van der Waals surface area (Å²) in [5.41, 5.74) is 1.35. The molecule has 1 aliphatic rings. The fourth-order valence-corrected chi connectivity index (χ4v) is 3.99. The van der Waals surface area contributed by atoms with Crippen LogP contribution in [0.3, 0.4) is 0 Å². The number of carboxylic acids is 1. The summed E-state index contributed by atoms with van der Waals surface area (Å²) in [7, 11) is 0. The molecule has 1 fully saturated rings. The van der Waals surface area contributed by atoms with Gasteiger partial charge in [0.2, 0.25) is 5.95 Å². The molecule has 1 aliphatic heterocycles. The summed E-state index contributed by atoms with van der Waals surface area (Å²) in [5.74, 6) is 0.648. The van der Waals surface area contributed by atoms with Crippen LogP contribution in [0.15, 0.2) is 42.5 Å². The molecule has 0 saturated carbocycles. The topological polar surface area (TPSA) is 125 Å². The molecular weight excluding hydrogens is 436 g/mol. The van der Waals surface area contributed by atoms with E-state index in [2.05, 4.69) is 29.0 Å². The van der Waals surface area contributed by atoms with Crippen LogP contribution >= 0.6 is 0 Å². The minimum atomic E-state index is -1.01. The van der Waals surface area contributed by atoms with Crippen molar-refractivity contribution in [1.29, 1.82) is 0 Å². The molecule has 0 aliphatic carbocycles. The third kappa shape index (κ3) is 5.23. The number of carbonyl (C=O) groups is 1. The van der Waals surface area contributed by atoms with Crippen molar-refractivity contribution >= 4 is 40.0 Å². The number of hydrogen-bond donors (Lipinski definition) is 2. The molecule has 0 amide bonds. The summed E-state index contributed by atoms with van der Waals surface area (Å²) in [6, 6.07) is 10.8. The average Bonchev–Trinajstić information content (AvgIpc) is 2.84. The number of nitro benzene ring substituents is 1. The van der Waals surface area contributed by atoms with Crippen LogP contribution in [0.5, 0.6) is 0 Å². The minimum absolute atomic E-state index is 0.0493. The number of piperazine rings is 1. The fraction of sp³-hybridized carbons (Fsp3) is 0.375. The van der Waals surface area contributed by atoms with E-state index >= 15 is 0 Å². The minimum Gasteiger partial charge on any atom is -0.478 e. The lowest BCUT2D eigenvalue weighted by Gasteiger charge is -2.36. The number of nitrogens with one attached hydrogen (secondary N) is 1. The normalized spacial score (nSPS) is 15.3. The molecule has 1 saturated heterocycles. The second-order valence-corrected chi connectivity index (χ2v) is 8.64. The number of nitro groups is 1. The lowest BCUT2D eigenvalue weighted by atomic mass is 10.1. The highest BCUT2D eigenvalue weighted by molar-refractivity contribution is 5.94. The number of rotatable bonds is 8. The number of nitrogens with zero attached hydrogens (tertiary/aromatic N) is 5. The van der Waals surface area contributed by atoms with Crippen molar-refractivity contribution in [3.63, 3.8) is 0 Å². The van der Waals surface area contributed by atoms with Gasteiger partial charge >= 0.3 is 5.97 Å². The van der Waals surface area contributed by atoms with Crippen LogP contribution in [0.2, 0.25) is 0 Å². The predicted molar refractivity (Wildman–Crippen MR) is 131 cm³/mol. The first kappa shape index (κ1) is 23.4. The van der Waals surface area contributed by atoms with Gasteiger partial charge in [-0.15, -0.1) is 0 Å². The molecule has 2 N–H and O–H groups in total. The van der Waals surface area contributed by atoms with Crippen LogP contribution in [-0.2, 0) is 0 Å². The van der Waals surface area contributed by atoms with Gasteiger partial charge in [-0.3, -0.25) is 15.0 Å². The van der Waals surface area contributed by atoms with Gasteiger partial charge in [-0.1, -0.05) is 20.3 Å². The van der Waals surface area contributed by atoms with Crippen LogP contribution in [-0.4, -0.2) is 63.6 Å². The lowest BCUT2D eigenvalue weighted by Crippen LogP contribution is -2.48. The van der Waals surface area contributed by atoms with E-state index in [9.17, 15) is 14.9 Å². The summed E-state index contributed by atoms with van der Waals surface area (Å²) in [4.78, 5) is 36.0. The van der Waals surface area contributed by atoms with Crippen molar-refractivity contribution in [3.8, 4) is 0 Å². The molecule has 178 valence electrons. The molecule has 1 aromatic heterocycles. The zero-order chi connectivity index (χ0) is 24.2. The highest BCUT2D eigenvalue weighted by atomic mass is 16.6. The van der Waals surface area contributed by atoms with Gasteiger partial charge < -0.3 is 15.3 Å². The Morgan fingerprint density at radius 1 is 1.15 bits per heavy atom. The van der Waals surface area contributed by atoms with Crippen LogP contribution in [0.25, 0.3) is 10.9 Å². The molecule has 0 radical (unpaired) electrons. The zero-order valence-electron chi connectivity index (χ0n) is 19.3. The van der Waals surface area contributed by atoms with E-state index in [1.807, 2.05) is 0 Å². The summed E-state index contributed by atoms with van der Waals surface area (Å²) >= 11 is 0. The largest absolute Gasteiger partial charge is 0.478 e. The Balaban J connectivity index is 1.64. The number of non-ortho nitro benzene ring substituents is 1. The summed E-state index contributed by atoms with van der Waals surface area (Å²) in [5, 5.41) is 24.2. The summed E-state index contributed by atoms with van der Waals surface area (Å²) in [6.45, 7) is 8.97. The maximum atomic E-state index is 11.3. The van der Waals surface area contributed by atoms with E-state index in [0.29, 0.717) is 34.3 Å². The third-order valence-electron chi connectivity index (χ3n) is 6.19. The smallest absolute Gasteiger partial charge is 0.335 e. The van der Waals surface area contributed by atoms with Crippen molar-refractivity contribution in [3.05, 3.63) is 58.1 Å². The van der Waals surface area contributed by atoms with E-state index in [1.54, 1.807) is 18.2 Å². The van der Waals surface area contributed by atoms with E-state index in [0.717, 1.165) is 39.1 Å². The van der Waals surface area contributed by atoms with Gasteiger partial charge in [0.25, 0.3) is 5.69 Å². The first-order valence-corrected chi connectivity index (χ1v) is 11.4. The molecular formula is C24H28N6O4. The highest BCUT2D eigenvalue weighted by Gasteiger charge is 2.22. The summed E-state index contributed by atoms with van der Waals surface area (Å²) < 4.78 is 0. The molecule has 0 spiro atoms. The lowest BCUT2D eigenvalue weighted by molar-refractivity contribution is -0.384. The maximum Gasteiger partial charge on any atom is 0.335 e. The average molecular weight is 465 g/mol. The number of anilines is 3. The summed E-state index contributed by atoms with van der Waals surface area (Å²) in [6.07, 6.45) is 1.16. The number of hydrogen-bond acceptors (Lipinski definition) is 8. The molecule has 1 atom stereocenters. The van der Waals surface area contributed by atoms with E-state index in [4.69, 9.17) is 15.1 Å². The molecule has 10 heteroatoms. The van der Waals surface area contributed by atoms with Gasteiger partial charge in [0.1, 0.15) is 5.82 Å². The molecule has 10 nitrogen and oxygen atoms in total. The molecule has 4 rings (SSSR count). The van der Waals surface area contributed by atoms with Gasteiger partial charge in [0.05, 0.1) is 16.0 Å². The zero-order valence-corrected chi connectivity index (χ0v) is 19.3. The Kier molecular flexibility index (Phi) is 6.87. The molecule has 0 bridgehead atoms. The van der Waals surface area contributed by atoms with Crippen molar-refractivity contribution in [2.75, 3.05) is 42.9 Å². The van der Waals surface area contributed by atoms with Gasteiger partial charge in [-0.25, -0.2) is 9.78 Å². The van der Waals surface area contributed by atoms with Crippen molar-refractivity contribution < 1.29 is 14.8 Å².